The second-order valence-corrected chi connectivity index (χ2v) is 2.34. The zero-order valence-electron chi connectivity index (χ0n) is 7.95. The first-order valence-corrected chi connectivity index (χ1v) is 4.03. The normalized spacial score (nSPS) is 8.29. The molecule has 0 aliphatic heterocycles. The average Bonchev–Trinajstić information content (AvgIpc) is 2.26. The second-order valence-electron chi connectivity index (χ2n) is 2.34. The van der Waals surface area contributed by atoms with Crippen LogP contribution < -0.4 is 34.2 Å². The van der Waals surface area contributed by atoms with Crippen LogP contribution in [0.5, 0.6) is 0 Å². The van der Waals surface area contributed by atoms with Crippen molar-refractivity contribution < 1.29 is 9.59 Å². The molecule has 0 saturated heterocycles. The fourth-order valence-electron chi connectivity index (χ4n) is 0.715. The van der Waals surface area contributed by atoms with Crippen LogP contribution in [0.3, 0.4) is 0 Å². The zero-order valence-corrected chi connectivity index (χ0v) is 7.95. The first kappa shape index (κ1) is 15.3. The van der Waals surface area contributed by atoms with Crippen LogP contribution in [-0.4, -0.2) is 11.8 Å². The summed E-state index contributed by atoms with van der Waals surface area (Å²) in [5.41, 5.74) is 4.01. The molecule has 0 aliphatic carbocycles. The molecule has 0 heterocycles. The van der Waals surface area contributed by atoms with Gasteiger partial charge in [0.15, 0.2) is 0 Å². The maximum atomic E-state index is 10.6. The number of hydrogen-bond donors (Lipinski definition) is 6. The van der Waals surface area contributed by atoms with Crippen LogP contribution >= 0.6 is 0 Å². The third kappa shape index (κ3) is 10.8. The minimum absolute atomic E-state index is 0.219. The van der Waals surface area contributed by atoms with Crippen LogP contribution in [-0.2, 0) is 9.59 Å². The molecular formula is C6H18N6O2. The van der Waals surface area contributed by atoms with E-state index in [1.54, 1.807) is 0 Å². The molecule has 0 aliphatic rings. The summed E-state index contributed by atoms with van der Waals surface area (Å²) in [6.07, 6.45) is 1.95. The van der Waals surface area contributed by atoms with Crippen molar-refractivity contribution in [1.29, 1.82) is 0 Å². The summed E-state index contributed by atoms with van der Waals surface area (Å²) in [5.74, 6) is 17.2. The molecule has 0 bridgehead atoms. The number of rotatable bonds is 5. The minimum atomic E-state index is -0.219. The zero-order chi connectivity index (χ0) is 11.4. The number of hydrogen-bond acceptors (Lipinski definition) is 6. The van der Waals surface area contributed by atoms with Gasteiger partial charge in [0.1, 0.15) is 0 Å². The van der Waals surface area contributed by atoms with E-state index < -0.39 is 0 Å². The molecule has 0 aromatic carbocycles. The summed E-state index contributed by atoms with van der Waals surface area (Å²) < 4.78 is 0. The Morgan fingerprint density at radius 2 is 1.14 bits per heavy atom. The molecule has 0 unspecified atom stereocenters. The van der Waals surface area contributed by atoms with Crippen LogP contribution in [0.15, 0.2) is 0 Å². The fourth-order valence-corrected chi connectivity index (χ4v) is 0.715. The van der Waals surface area contributed by atoms with E-state index in [0.29, 0.717) is 25.7 Å². The van der Waals surface area contributed by atoms with Crippen LogP contribution in [0.1, 0.15) is 25.7 Å². The van der Waals surface area contributed by atoms with Gasteiger partial charge in [0.2, 0.25) is 11.8 Å². The van der Waals surface area contributed by atoms with Gasteiger partial charge in [-0.15, -0.1) is 0 Å². The standard InChI is InChI=1S/C6H14N4O2.H4N2/c7-9-5(11)3-1-2-4-6(12)10-8;1-2/h1-4,7-8H2,(H,9,11)(H,10,12);1-2H2. The Labute approximate surface area is 82.3 Å². The molecule has 8 heteroatoms. The van der Waals surface area contributed by atoms with Gasteiger partial charge in [-0.25, -0.2) is 11.7 Å². The highest BCUT2D eigenvalue weighted by Crippen LogP contribution is 1.98. The number of amides is 2. The molecule has 0 saturated carbocycles. The summed E-state index contributed by atoms with van der Waals surface area (Å²) in [7, 11) is 0. The molecule has 8 nitrogen and oxygen atoms in total. The predicted molar refractivity (Wildman–Crippen MR) is 51.5 cm³/mol. The maximum Gasteiger partial charge on any atom is 0.233 e. The first-order chi connectivity index (χ1) is 6.70. The van der Waals surface area contributed by atoms with E-state index in [0.717, 1.165) is 0 Å². The van der Waals surface area contributed by atoms with Crippen molar-refractivity contribution in [2.24, 2.45) is 23.4 Å². The molecule has 2 amide bonds. The van der Waals surface area contributed by atoms with Crippen molar-refractivity contribution in [3.63, 3.8) is 0 Å². The summed E-state index contributed by atoms with van der Waals surface area (Å²) >= 11 is 0. The van der Waals surface area contributed by atoms with E-state index >= 15 is 0 Å². The smallest absolute Gasteiger partial charge is 0.233 e. The number of carbonyl (C=O) groups excluding carboxylic acids is 2. The van der Waals surface area contributed by atoms with Gasteiger partial charge < -0.3 is 0 Å². The Bertz CT molecular complexity index is 144. The van der Waals surface area contributed by atoms with Crippen LogP contribution in [0.4, 0.5) is 0 Å². The predicted octanol–water partition coefficient (Wildman–Crippen LogP) is -2.65. The van der Waals surface area contributed by atoms with Crippen molar-refractivity contribution in [3.05, 3.63) is 0 Å². The highest BCUT2D eigenvalue weighted by molar-refractivity contribution is 5.76. The number of nitrogens with one attached hydrogen (secondary N) is 2. The first-order valence-electron chi connectivity index (χ1n) is 4.03. The molecule has 14 heavy (non-hydrogen) atoms. The maximum absolute atomic E-state index is 10.6. The number of nitrogens with two attached hydrogens (primary N) is 4. The number of carbonyl (C=O) groups is 2. The lowest BCUT2D eigenvalue weighted by Crippen LogP contribution is -2.30. The lowest BCUT2D eigenvalue weighted by atomic mass is 10.2. The van der Waals surface area contributed by atoms with Crippen molar-refractivity contribution >= 4 is 11.8 Å². The lowest BCUT2D eigenvalue weighted by Gasteiger charge is -1.99. The van der Waals surface area contributed by atoms with Crippen molar-refractivity contribution in [1.82, 2.24) is 10.9 Å². The van der Waals surface area contributed by atoms with Crippen molar-refractivity contribution in [3.8, 4) is 0 Å². The SMILES string of the molecule is NN.NNC(=O)CCCCC(=O)NN. The Morgan fingerprint density at radius 3 is 1.36 bits per heavy atom. The molecule has 0 rings (SSSR count). The Kier molecular flexibility index (Phi) is 12.8. The molecule has 0 atom stereocenters. The van der Waals surface area contributed by atoms with Gasteiger partial charge in [0, 0.05) is 12.8 Å². The van der Waals surface area contributed by atoms with Gasteiger partial charge in [-0.3, -0.25) is 32.1 Å². The van der Waals surface area contributed by atoms with E-state index in [1.807, 2.05) is 10.9 Å². The van der Waals surface area contributed by atoms with E-state index in [1.165, 1.54) is 0 Å². The molecule has 0 aromatic rings. The topological polar surface area (TPSA) is 162 Å². The minimum Gasteiger partial charge on any atom is -0.294 e. The number of hydrazine groups is 3. The van der Waals surface area contributed by atoms with E-state index in [-0.39, 0.29) is 11.8 Å². The highest BCUT2D eigenvalue weighted by Gasteiger charge is 2.00. The largest absolute Gasteiger partial charge is 0.294 e. The fraction of sp³-hybridized carbons (Fsp3) is 0.667. The Hall–Kier alpha value is -1.22. The second kappa shape index (κ2) is 11.8. The summed E-state index contributed by atoms with van der Waals surface area (Å²) in [6, 6.07) is 0. The summed E-state index contributed by atoms with van der Waals surface area (Å²) in [5, 5.41) is 0. The quantitative estimate of drug-likeness (QED) is 0.124. The van der Waals surface area contributed by atoms with Gasteiger partial charge in [-0.1, -0.05) is 0 Å². The third-order valence-corrected chi connectivity index (χ3v) is 1.38. The summed E-state index contributed by atoms with van der Waals surface area (Å²) in [4.78, 5) is 21.1. The van der Waals surface area contributed by atoms with Crippen molar-refractivity contribution in [2.75, 3.05) is 0 Å². The van der Waals surface area contributed by atoms with Gasteiger partial charge in [-0.05, 0) is 12.8 Å². The Balaban J connectivity index is 0. The highest BCUT2D eigenvalue weighted by atomic mass is 16.2. The molecule has 84 valence electrons. The molecule has 0 aromatic heterocycles. The van der Waals surface area contributed by atoms with E-state index in [9.17, 15) is 9.59 Å². The number of unbranched alkanes of at least 4 members (excludes halogenated alkanes) is 1. The van der Waals surface area contributed by atoms with Gasteiger partial charge in [0.05, 0.1) is 0 Å². The molecule has 10 N–H and O–H groups in total. The third-order valence-electron chi connectivity index (χ3n) is 1.38. The summed E-state index contributed by atoms with van der Waals surface area (Å²) in [6.45, 7) is 0. The monoisotopic (exact) mass is 206 g/mol. The van der Waals surface area contributed by atoms with E-state index in [4.69, 9.17) is 11.7 Å². The van der Waals surface area contributed by atoms with E-state index in [2.05, 4.69) is 11.7 Å². The molecule has 0 radical (unpaired) electrons. The average molecular weight is 206 g/mol. The molecular weight excluding hydrogens is 188 g/mol. The van der Waals surface area contributed by atoms with Crippen LogP contribution in [0, 0.1) is 0 Å². The molecule has 0 fully saturated rings. The van der Waals surface area contributed by atoms with Gasteiger partial charge >= 0.3 is 0 Å². The molecule has 0 spiro atoms. The van der Waals surface area contributed by atoms with Crippen LogP contribution in [0.25, 0.3) is 0 Å². The van der Waals surface area contributed by atoms with Crippen LogP contribution in [0.2, 0.25) is 0 Å². The van der Waals surface area contributed by atoms with Gasteiger partial charge in [0.25, 0.3) is 0 Å². The van der Waals surface area contributed by atoms with Gasteiger partial charge in [-0.2, -0.15) is 0 Å². The lowest BCUT2D eigenvalue weighted by molar-refractivity contribution is -0.123. The Morgan fingerprint density at radius 1 is 0.857 bits per heavy atom. The van der Waals surface area contributed by atoms with Crippen molar-refractivity contribution in [2.45, 2.75) is 25.7 Å².